The molecule has 0 N–H and O–H groups in total. The Bertz CT molecular complexity index is 1220. The van der Waals surface area contributed by atoms with Crippen LogP contribution in [0, 0.1) is 18.3 Å². The number of fused-ring (bicyclic) bond motifs is 1. The number of nitrogens with zero attached hydrogens (tertiary/aromatic N) is 6. The van der Waals surface area contributed by atoms with Crippen LogP contribution in [0.3, 0.4) is 0 Å². The number of ether oxygens (including phenoxy) is 1. The van der Waals surface area contributed by atoms with Crippen molar-refractivity contribution in [3.63, 3.8) is 0 Å². The van der Waals surface area contributed by atoms with Crippen LogP contribution in [-0.4, -0.2) is 49.1 Å². The van der Waals surface area contributed by atoms with E-state index in [4.69, 9.17) is 9.84 Å². The Balaban J connectivity index is 1.49. The molecule has 0 aromatic carbocycles. The highest BCUT2D eigenvalue weighted by molar-refractivity contribution is 9.10. The molecule has 3 aromatic heterocycles. The predicted molar refractivity (Wildman–Crippen MR) is 129 cm³/mol. The molecule has 33 heavy (non-hydrogen) atoms. The van der Waals surface area contributed by atoms with Crippen molar-refractivity contribution in [1.82, 2.24) is 24.3 Å². The van der Waals surface area contributed by atoms with Crippen LogP contribution in [0.2, 0.25) is 0 Å². The fourth-order valence-corrected chi connectivity index (χ4v) is 5.19. The van der Waals surface area contributed by atoms with Crippen molar-refractivity contribution in [2.24, 2.45) is 0 Å². The quantitative estimate of drug-likeness (QED) is 0.462. The van der Waals surface area contributed by atoms with Gasteiger partial charge in [-0.1, -0.05) is 0 Å². The summed E-state index contributed by atoms with van der Waals surface area (Å²) in [6.45, 7) is 7.75. The van der Waals surface area contributed by atoms with Crippen LogP contribution in [0.25, 0.3) is 16.6 Å². The second-order valence-electron chi connectivity index (χ2n) is 9.68. The van der Waals surface area contributed by atoms with Gasteiger partial charge in [0, 0.05) is 40.6 Å². The number of carbonyl (C=O) groups excluding carboxylic acids is 1. The molecule has 0 atom stereocenters. The third kappa shape index (κ3) is 4.62. The van der Waals surface area contributed by atoms with Gasteiger partial charge in [-0.05, 0) is 75.4 Å². The van der Waals surface area contributed by atoms with E-state index in [2.05, 4.69) is 38.7 Å². The highest BCUT2D eigenvalue weighted by atomic mass is 79.9. The molecule has 1 aliphatic rings. The van der Waals surface area contributed by atoms with Crippen LogP contribution in [0.4, 0.5) is 4.79 Å². The molecule has 0 saturated heterocycles. The minimum Gasteiger partial charge on any atom is -0.444 e. The maximum atomic E-state index is 12.4. The first-order valence-electron chi connectivity index (χ1n) is 11.2. The number of nitriles is 1. The molecule has 1 aliphatic carbocycles. The molecular formula is C24H29BrN6O2. The largest absolute Gasteiger partial charge is 0.444 e. The van der Waals surface area contributed by atoms with E-state index in [-0.39, 0.29) is 12.1 Å². The topological polar surface area (TPSA) is 88.5 Å². The Kier molecular flexibility index (Phi) is 6.23. The lowest BCUT2D eigenvalue weighted by molar-refractivity contribution is 0.0172. The summed E-state index contributed by atoms with van der Waals surface area (Å²) in [4.78, 5) is 14.2. The zero-order chi connectivity index (χ0) is 23.9. The van der Waals surface area contributed by atoms with Gasteiger partial charge in [-0.15, -0.1) is 0 Å². The molecule has 1 fully saturated rings. The van der Waals surface area contributed by atoms with Gasteiger partial charge in [0.1, 0.15) is 11.7 Å². The molecule has 0 bridgehead atoms. The third-order valence-corrected chi connectivity index (χ3v) is 6.89. The van der Waals surface area contributed by atoms with Crippen LogP contribution < -0.4 is 0 Å². The second-order valence-corrected chi connectivity index (χ2v) is 10.5. The van der Waals surface area contributed by atoms with E-state index in [1.54, 1.807) is 15.6 Å². The summed E-state index contributed by atoms with van der Waals surface area (Å²) >= 11 is 3.59. The number of hydrogen-bond donors (Lipinski definition) is 0. The normalized spacial score (nSPS) is 18.8. The summed E-state index contributed by atoms with van der Waals surface area (Å²) in [7, 11) is 1.83. The summed E-state index contributed by atoms with van der Waals surface area (Å²) in [5.74, 6) is 0. The summed E-state index contributed by atoms with van der Waals surface area (Å²) in [5.41, 5.74) is 3.93. The standard InChI is InChI=1S/C24H29BrN6O2/c1-15-20(16-10-21(25)22-17(11-26)12-27-30(22)14-16)13-28-31(15)19-8-6-18(7-9-19)29(5)23(32)33-24(2,3)4/h10,12-14,18-19H,6-9H2,1-5H3. The second kappa shape index (κ2) is 8.82. The summed E-state index contributed by atoms with van der Waals surface area (Å²) in [6.07, 6.45) is 8.88. The van der Waals surface area contributed by atoms with Crippen molar-refractivity contribution < 1.29 is 9.53 Å². The van der Waals surface area contributed by atoms with E-state index < -0.39 is 5.60 Å². The Morgan fingerprint density at radius 1 is 1.24 bits per heavy atom. The molecular weight excluding hydrogens is 484 g/mol. The Morgan fingerprint density at radius 3 is 2.58 bits per heavy atom. The number of halogens is 1. The van der Waals surface area contributed by atoms with Gasteiger partial charge in [0.25, 0.3) is 0 Å². The highest BCUT2D eigenvalue weighted by Gasteiger charge is 2.31. The van der Waals surface area contributed by atoms with E-state index in [0.717, 1.165) is 52.5 Å². The highest BCUT2D eigenvalue weighted by Crippen LogP contribution is 2.35. The van der Waals surface area contributed by atoms with Crippen LogP contribution in [0.5, 0.6) is 0 Å². The van der Waals surface area contributed by atoms with Gasteiger partial charge in [-0.2, -0.15) is 15.5 Å². The molecule has 4 rings (SSSR count). The molecule has 8 nitrogen and oxygen atoms in total. The number of hydrogen-bond acceptors (Lipinski definition) is 5. The Hall–Kier alpha value is -2.86. The van der Waals surface area contributed by atoms with Gasteiger partial charge in [-0.3, -0.25) is 4.68 Å². The van der Waals surface area contributed by atoms with E-state index in [9.17, 15) is 10.1 Å². The fraction of sp³-hybridized carbons (Fsp3) is 0.500. The average molecular weight is 513 g/mol. The lowest BCUT2D eigenvalue weighted by Gasteiger charge is -2.35. The predicted octanol–water partition coefficient (Wildman–Crippen LogP) is 5.49. The van der Waals surface area contributed by atoms with Crippen molar-refractivity contribution in [2.45, 2.75) is 71.1 Å². The van der Waals surface area contributed by atoms with Crippen molar-refractivity contribution >= 4 is 27.5 Å². The van der Waals surface area contributed by atoms with Crippen molar-refractivity contribution in [3.05, 3.63) is 40.4 Å². The number of aromatic nitrogens is 4. The molecule has 1 amide bonds. The molecule has 1 saturated carbocycles. The first-order chi connectivity index (χ1) is 15.6. The SMILES string of the molecule is Cc1c(-c2cc(Br)c3c(C#N)cnn3c2)cnn1C1CCC(N(C)C(=O)OC(C)(C)C)CC1. The minimum absolute atomic E-state index is 0.180. The van der Waals surface area contributed by atoms with E-state index in [1.165, 1.54) is 0 Å². The van der Waals surface area contributed by atoms with Gasteiger partial charge in [0.15, 0.2) is 0 Å². The molecule has 0 aliphatic heterocycles. The summed E-state index contributed by atoms with van der Waals surface area (Å²) in [5, 5.41) is 18.3. The van der Waals surface area contributed by atoms with Crippen LogP contribution >= 0.6 is 15.9 Å². The maximum Gasteiger partial charge on any atom is 0.410 e. The third-order valence-electron chi connectivity index (χ3n) is 6.28. The van der Waals surface area contributed by atoms with E-state index in [0.29, 0.717) is 11.6 Å². The number of rotatable bonds is 3. The molecule has 9 heteroatoms. The van der Waals surface area contributed by atoms with Crippen LogP contribution in [0.1, 0.15) is 63.8 Å². The number of amides is 1. The van der Waals surface area contributed by atoms with E-state index in [1.807, 2.05) is 46.3 Å². The smallest absolute Gasteiger partial charge is 0.410 e. The minimum atomic E-state index is -0.491. The number of pyridine rings is 1. The van der Waals surface area contributed by atoms with Gasteiger partial charge < -0.3 is 9.64 Å². The zero-order valence-corrected chi connectivity index (χ0v) is 21.3. The average Bonchev–Trinajstić information content (AvgIpc) is 3.35. The van der Waals surface area contributed by atoms with Gasteiger partial charge in [0.05, 0.1) is 29.5 Å². The summed E-state index contributed by atoms with van der Waals surface area (Å²) in [6, 6.07) is 4.66. The van der Waals surface area contributed by atoms with Gasteiger partial charge in [0.2, 0.25) is 0 Å². The summed E-state index contributed by atoms with van der Waals surface area (Å²) < 4.78 is 10.2. The van der Waals surface area contributed by atoms with Crippen molar-refractivity contribution in [3.8, 4) is 17.2 Å². The van der Waals surface area contributed by atoms with Crippen LogP contribution in [0.15, 0.2) is 29.1 Å². The molecule has 3 aromatic rings. The first-order valence-corrected chi connectivity index (χ1v) is 12.0. The lowest BCUT2D eigenvalue weighted by atomic mass is 9.90. The molecule has 3 heterocycles. The molecule has 0 spiro atoms. The zero-order valence-electron chi connectivity index (χ0n) is 19.7. The van der Waals surface area contributed by atoms with E-state index >= 15 is 0 Å². The molecule has 174 valence electrons. The van der Waals surface area contributed by atoms with Crippen LogP contribution in [-0.2, 0) is 4.74 Å². The molecule has 0 unspecified atom stereocenters. The van der Waals surface area contributed by atoms with Gasteiger partial charge >= 0.3 is 6.09 Å². The first kappa shape index (κ1) is 23.3. The monoisotopic (exact) mass is 512 g/mol. The Labute approximate surface area is 202 Å². The van der Waals surface area contributed by atoms with Crippen molar-refractivity contribution in [1.29, 1.82) is 5.26 Å². The molecule has 0 radical (unpaired) electrons. The Morgan fingerprint density at radius 2 is 1.94 bits per heavy atom. The fourth-order valence-electron chi connectivity index (χ4n) is 4.55. The van der Waals surface area contributed by atoms with Gasteiger partial charge in [-0.25, -0.2) is 9.31 Å². The number of carbonyl (C=O) groups is 1. The lowest BCUT2D eigenvalue weighted by Crippen LogP contribution is -2.42. The van der Waals surface area contributed by atoms with Crippen molar-refractivity contribution in [2.75, 3.05) is 7.05 Å². The maximum absolute atomic E-state index is 12.4.